The lowest BCUT2D eigenvalue weighted by atomic mass is 10.1. The molecule has 0 saturated heterocycles. The summed E-state index contributed by atoms with van der Waals surface area (Å²) in [5, 5.41) is 3.27. The molecule has 1 unspecified atom stereocenters. The third-order valence-corrected chi connectivity index (χ3v) is 3.45. The van der Waals surface area contributed by atoms with E-state index in [1.54, 1.807) is 12.1 Å². The van der Waals surface area contributed by atoms with E-state index in [1.165, 1.54) is 6.26 Å². The number of hydrogen-bond donors (Lipinski definition) is 1. The Hall–Kier alpha value is -0.870. The monoisotopic (exact) mass is 227 g/mol. The molecule has 1 N–H and O–H groups in total. The van der Waals surface area contributed by atoms with Crippen molar-refractivity contribution in [1.82, 2.24) is 5.32 Å². The lowest BCUT2D eigenvalue weighted by Crippen LogP contribution is -2.17. The highest BCUT2D eigenvalue weighted by atomic mass is 32.2. The smallest absolute Gasteiger partial charge is 0.175 e. The average Bonchev–Trinajstić information content (AvgIpc) is 2.17. The maximum Gasteiger partial charge on any atom is 0.175 e. The molecule has 0 heterocycles. The summed E-state index contributed by atoms with van der Waals surface area (Å²) in [4.78, 5) is 0.370. The first kappa shape index (κ1) is 12.2. The average molecular weight is 227 g/mol. The topological polar surface area (TPSA) is 46.2 Å². The van der Waals surface area contributed by atoms with Gasteiger partial charge in [-0.1, -0.05) is 19.1 Å². The van der Waals surface area contributed by atoms with E-state index in [1.807, 2.05) is 19.1 Å². The molecule has 4 heteroatoms. The standard InChI is InChI=1S/C11H17NO2S/c1-4-12-9(2)10-5-7-11(8-6-10)15(3,13)14/h5-9,12H,4H2,1-3H3. The molecule has 0 spiro atoms. The number of benzene rings is 1. The van der Waals surface area contributed by atoms with Gasteiger partial charge in [-0.2, -0.15) is 0 Å². The SMILES string of the molecule is CCNC(C)c1ccc(S(C)(=O)=O)cc1. The fourth-order valence-corrected chi connectivity index (χ4v) is 2.06. The summed E-state index contributed by atoms with van der Waals surface area (Å²) in [6, 6.07) is 7.26. The maximum atomic E-state index is 11.2. The Labute approximate surface area is 91.4 Å². The molecule has 1 aromatic rings. The Morgan fingerprint density at radius 3 is 2.20 bits per heavy atom. The molecule has 0 fully saturated rings. The molecular formula is C11H17NO2S. The molecule has 0 aromatic heterocycles. The molecule has 1 rings (SSSR count). The van der Waals surface area contributed by atoms with Gasteiger partial charge in [0.05, 0.1) is 4.90 Å². The summed E-state index contributed by atoms with van der Waals surface area (Å²) in [5.41, 5.74) is 1.10. The highest BCUT2D eigenvalue weighted by Crippen LogP contribution is 2.15. The number of hydrogen-bond acceptors (Lipinski definition) is 3. The Bertz CT molecular complexity index is 409. The van der Waals surface area contributed by atoms with E-state index in [2.05, 4.69) is 12.2 Å². The highest BCUT2D eigenvalue weighted by molar-refractivity contribution is 7.90. The second-order valence-corrected chi connectivity index (χ2v) is 5.64. The van der Waals surface area contributed by atoms with Crippen LogP contribution in [0.1, 0.15) is 25.5 Å². The van der Waals surface area contributed by atoms with Crippen molar-refractivity contribution in [2.75, 3.05) is 12.8 Å². The van der Waals surface area contributed by atoms with Gasteiger partial charge in [-0.25, -0.2) is 8.42 Å². The van der Waals surface area contributed by atoms with Crippen molar-refractivity contribution in [3.8, 4) is 0 Å². The lowest BCUT2D eigenvalue weighted by molar-refractivity contribution is 0.595. The fraction of sp³-hybridized carbons (Fsp3) is 0.455. The Kier molecular flexibility index (Phi) is 3.88. The van der Waals surface area contributed by atoms with E-state index in [4.69, 9.17) is 0 Å². The molecule has 0 aliphatic heterocycles. The molecule has 0 bridgehead atoms. The van der Waals surface area contributed by atoms with Crippen LogP contribution in [0.15, 0.2) is 29.2 Å². The van der Waals surface area contributed by atoms with Crippen molar-refractivity contribution in [3.05, 3.63) is 29.8 Å². The lowest BCUT2D eigenvalue weighted by Gasteiger charge is -2.12. The summed E-state index contributed by atoms with van der Waals surface area (Å²) in [6.07, 6.45) is 1.22. The van der Waals surface area contributed by atoms with Crippen LogP contribution in [0.3, 0.4) is 0 Å². The summed E-state index contributed by atoms with van der Waals surface area (Å²) in [5.74, 6) is 0. The quantitative estimate of drug-likeness (QED) is 0.852. The summed E-state index contributed by atoms with van der Waals surface area (Å²) >= 11 is 0. The Morgan fingerprint density at radius 2 is 1.80 bits per heavy atom. The second-order valence-electron chi connectivity index (χ2n) is 3.62. The van der Waals surface area contributed by atoms with Gasteiger partial charge >= 0.3 is 0 Å². The first-order chi connectivity index (χ1) is 6.95. The molecule has 0 saturated carbocycles. The summed E-state index contributed by atoms with van der Waals surface area (Å²) < 4.78 is 22.4. The van der Waals surface area contributed by atoms with Gasteiger partial charge in [0.1, 0.15) is 0 Å². The number of nitrogens with one attached hydrogen (secondary N) is 1. The minimum Gasteiger partial charge on any atom is -0.310 e. The zero-order valence-corrected chi connectivity index (χ0v) is 10.1. The van der Waals surface area contributed by atoms with Crippen LogP contribution in [0.2, 0.25) is 0 Å². The van der Waals surface area contributed by atoms with Gasteiger partial charge in [0, 0.05) is 12.3 Å². The molecule has 84 valence electrons. The van der Waals surface area contributed by atoms with Gasteiger partial charge in [0.2, 0.25) is 0 Å². The minimum atomic E-state index is -3.08. The Morgan fingerprint density at radius 1 is 1.27 bits per heavy atom. The van der Waals surface area contributed by atoms with Crippen LogP contribution in [-0.4, -0.2) is 21.2 Å². The fourth-order valence-electron chi connectivity index (χ4n) is 1.43. The minimum absolute atomic E-state index is 0.253. The van der Waals surface area contributed by atoms with Gasteiger partial charge in [-0.3, -0.25) is 0 Å². The predicted octanol–water partition coefficient (Wildman–Crippen LogP) is 1.76. The van der Waals surface area contributed by atoms with Crippen LogP contribution in [0.5, 0.6) is 0 Å². The predicted molar refractivity (Wildman–Crippen MR) is 61.6 cm³/mol. The first-order valence-corrected chi connectivity index (χ1v) is 6.87. The van der Waals surface area contributed by atoms with Crippen LogP contribution in [-0.2, 0) is 9.84 Å². The molecule has 0 aliphatic rings. The van der Waals surface area contributed by atoms with Crippen molar-refractivity contribution < 1.29 is 8.42 Å². The van der Waals surface area contributed by atoms with E-state index >= 15 is 0 Å². The van der Waals surface area contributed by atoms with Crippen molar-refractivity contribution >= 4 is 9.84 Å². The van der Waals surface area contributed by atoms with E-state index in [-0.39, 0.29) is 6.04 Å². The van der Waals surface area contributed by atoms with Gasteiger partial charge in [0.15, 0.2) is 9.84 Å². The first-order valence-electron chi connectivity index (χ1n) is 4.98. The van der Waals surface area contributed by atoms with Gasteiger partial charge < -0.3 is 5.32 Å². The largest absolute Gasteiger partial charge is 0.310 e. The third-order valence-electron chi connectivity index (χ3n) is 2.32. The van der Waals surface area contributed by atoms with E-state index in [0.29, 0.717) is 4.90 Å². The van der Waals surface area contributed by atoms with Crippen molar-refractivity contribution in [2.45, 2.75) is 24.8 Å². The number of rotatable bonds is 4. The summed E-state index contributed by atoms with van der Waals surface area (Å²) in [6.45, 7) is 5.00. The Balaban J connectivity index is 2.90. The van der Waals surface area contributed by atoms with Gasteiger partial charge in [-0.15, -0.1) is 0 Å². The van der Waals surface area contributed by atoms with Crippen LogP contribution in [0.25, 0.3) is 0 Å². The van der Waals surface area contributed by atoms with Crippen LogP contribution < -0.4 is 5.32 Å². The van der Waals surface area contributed by atoms with Crippen LogP contribution in [0, 0.1) is 0 Å². The maximum absolute atomic E-state index is 11.2. The zero-order chi connectivity index (χ0) is 11.5. The zero-order valence-electron chi connectivity index (χ0n) is 9.32. The molecule has 1 aromatic carbocycles. The molecule has 15 heavy (non-hydrogen) atoms. The van der Waals surface area contributed by atoms with Crippen molar-refractivity contribution in [3.63, 3.8) is 0 Å². The van der Waals surface area contributed by atoms with Gasteiger partial charge in [0.25, 0.3) is 0 Å². The van der Waals surface area contributed by atoms with Crippen molar-refractivity contribution in [1.29, 1.82) is 0 Å². The third kappa shape index (κ3) is 3.32. The normalized spacial score (nSPS) is 13.8. The number of sulfone groups is 1. The van der Waals surface area contributed by atoms with E-state index in [0.717, 1.165) is 12.1 Å². The second kappa shape index (κ2) is 4.77. The molecule has 3 nitrogen and oxygen atoms in total. The molecule has 0 amide bonds. The summed E-state index contributed by atoms with van der Waals surface area (Å²) in [7, 11) is -3.08. The van der Waals surface area contributed by atoms with E-state index in [9.17, 15) is 8.42 Å². The van der Waals surface area contributed by atoms with Gasteiger partial charge in [-0.05, 0) is 31.2 Å². The molecule has 0 radical (unpaired) electrons. The van der Waals surface area contributed by atoms with E-state index < -0.39 is 9.84 Å². The molecular weight excluding hydrogens is 210 g/mol. The highest BCUT2D eigenvalue weighted by Gasteiger charge is 2.08. The van der Waals surface area contributed by atoms with Crippen molar-refractivity contribution in [2.24, 2.45) is 0 Å². The molecule has 1 atom stereocenters. The van der Waals surface area contributed by atoms with Crippen LogP contribution >= 0.6 is 0 Å². The molecule has 0 aliphatic carbocycles. The van der Waals surface area contributed by atoms with Crippen LogP contribution in [0.4, 0.5) is 0 Å².